The lowest BCUT2D eigenvalue weighted by molar-refractivity contribution is -0.142. The lowest BCUT2D eigenvalue weighted by atomic mass is 9.84. The van der Waals surface area contributed by atoms with Gasteiger partial charge < -0.3 is 31.1 Å². The van der Waals surface area contributed by atoms with E-state index in [9.17, 15) is 20.1 Å². The van der Waals surface area contributed by atoms with Crippen molar-refractivity contribution < 1.29 is 25.2 Å². The van der Waals surface area contributed by atoms with E-state index < -0.39 is 11.6 Å². The van der Waals surface area contributed by atoms with Gasteiger partial charge in [0.2, 0.25) is 0 Å². The summed E-state index contributed by atoms with van der Waals surface area (Å²) in [4.78, 5) is 17.9. The van der Waals surface area contributed by atoms with Crippen LogP contribution < -0.4 is 10.6 Å². The Morgan fingerprint density at radius 2 is 1.97 bits per heavy atom. The van der Waals surface area contributed by atoms with Crippen LogP contribution in [-0.4, -0.2) is 100 Å². The summed E-state index contributed by atoms with van der Waals surface area (Å²) in [6.07, 6.45) is 11.8. The maximum atomic E-state index is 11.1. The monoisotopic (exact) mass is 512 g/mol. The van der Waals surface area contributed by atoms with E-state index in [1.54, 1.807) is 0 Å². The number of aliphatic hydroxyl groups excluding tert-OH is 2. The molecule has 2 rings (SSSR count). The number of unbranched alkanes of at least 4 members (excludes halogenated alkanes) is 3. The predicted molar refractivity (Wildman–Crippen MR) is 143 cm³/mol. The van der Waals surface area contributed by atoms with Gasteiger partial charge in [0.05, 0.1) is 24.8 Å². The number of likely N-dealkylation sites (N-methyl/N-ethyl adjacent to an activating group) is 1. The molecule has 0 unspecified atom stereocenters. The predicted octanol–water partition coefficient (Wildman–Crippen LogP) is 2.14. The second-order valence-corrected chi connectivity index (χ2v) is 11.0. The highest BCUT2D eigenvalue weighted by Crippen LogP contribution is 2.28. The van der Waals surface area contributed by atoms with Crippen LogP contribution in [0.1, 0.15) is 90.9 Å². The molecular weight excluding hydrogens is 460 g/mol. The number of aliphatic carboxylic acids is 1. The van der Waals surface area contributed by atoms with Gasteiger partial charge in [0.25, 0.3) is 0 Å². The van der Waals surface area contributed by atoms with Crippen molar-refractivity contribution in [2.24, 2.45) is 10.9 Å². The Hall–Kier alpha value is -1.10. The first-order chi connectivity index (χ1) is 17.3. The summed E-state index contributed by atoms with van der Waals surface area (Å²) >= 11 is 0. The van der Waals surface area contributed by atoms with Crippen molar-refractivity contribution in [1.82, 2.24) is 15.5 Å². The Morgan fingerprint density at radius 1 is 1.22 bits per heavy atom. The van der Waals surface area contributed by atoms with Crippen LogP contribution in [0.3, 0.4) is 0 Å². The third-order valence-corrected chi connectivity index (χ3v) is 8.02. The molecule has 1 fully saturated rings. The quantitative estimate of drug-likeness (QED) is 0.145. The molecule has 0 radical (unpaired) electrons. The van der Waals surface area contributed by atoms with E-state index in [0.29, 0.717) is 44.2 Å². The summed E-state index contributed by atoms with van der Waals surface area (Å²) in [5, 5.41) is 46.4. The molecule has 0 amide bonds. The zero-order valence-corrected chi connectivity index (χ0v) is 22.6. The van der Waals surface area contributed by atoms with Gasteiger partial charge in [-0.15, -0.1) is 0 Å². The first-order valence-corrected chi connectivity index (χ1v) is 14.2. The summed E-state index contributed by atoms with van der Waals surface area (Å²) in [5.74, 6) is -0.396. The van der Waals surface area contributed by atoms with Gasteiger partial charge >= 0.3 is 5.97 Å². The van der Waals surface area contributed by atoms with Crippen molar-refractivity contribution in [2.45, 2.75) is 121 Å². The second-order valence-electron chi connectivity index (χ2n) is 11.0. The van der Waals surface area contributed by atoms with E-state index in [4.69, 9.17) is 5.11 Å². The van der Waals surface area contributed by atoms with Crippen LogP contribution in [0.5, 0.6) is 0 Å². The average Bonchev–Trinajstić information content (AvgIpc) is 3.37. The molecule has 0 aliphatic carbocycles. The molecule has 0 spiro atoms. The van der Waals surface area contributed by atoms with Crippen molar-refractivity contribution >= 4 is 12.2 Å². The number of carbonyl (C=O) groups is 1. The number of carboxylic acids is 1. The van der Waals surface area contributed by atoms with E-state index in [1.807, 2.05) is 13.1 Å². The van der Waals surface area contributed by atoms with E-state index in [2.05, 4.69) is 27.4 Å². The molecule has 6 atom stereocenters. The molecule has 0 bridgehead atoms. The van der Waals surface area contributed by atoms with Gasteiger partial charge in [-0.2, -0.15) is 0 Å². The van der Waals surface area contributed by atoms with Crippen LogP contribution in [0.25, 0.3) is 0 Å². The van der Waals surface area contributed by atoms with Crippen molar-refractivity contribution in [3.63, 3.8) is 0 Å². The lowest BCUT2D eigenvalue weighted by Gasteiger charge is -2.43. The molecule has 2 heterocycles. The van der Waals surface area contributed by atoms with E-state index in [-0.39, 0.29) is 25.2 Å². The van der Waals surface area contributed by atoms with E-state index in [0.717, 1.165) is 70.8 Å². The minimum Gasteiger partial charge on any atom is -0.481 e. The van der Waals surface area contributed by atoms with Crippen molar-refractivity contribution in [1.29, 1.82) is 0 Å². The molecule has 2 aliphatic rings. The van der Waals surface area contributed by atoms with Gasteiger partial charge in [0, 0.05) is 44.0 Å². The molecule has 0 aromatic heterocycles. The highest BCUT2D eigenvalue weighted by atomic mass is 16.4. The molecule has 0 aromatic rings. The number of aliphatic imine (C=N–C) groups is 1. The van der Waals surface area contributed by atoms with Crippen molar-refractivity contribution in [3.8, 4) is 0 Å². The van der Waals surface area contributed by atoms with Gasteiger partial charge in [0.15, 0.2) is 0 Å². The highest BCUT2D eigenvalue weighted by Gasteiger charge is 2.37. The molecule has 9 heteroatoms. The van der Waals surface area contributed by atoms with Crippen LogP contribution in [0.4, 0.5) is 0 Å². The molecule has 0 saturated carbocycles. The summed E-state index contributed by atoms with van der Waals surface area (Å²) in [5.41, 5.74) is -1.18. The Labute approximate surface area is 217 Å². The molecule has 1 saturated heterocycles. The lowest BCUT2D eigenvalue weighted by Crippen LogP contribution is -2.60. The number of rotatable bonds is 19. The smallest absolute Gasteiger partial charge is 0.306 e. The maximum Gasteiger partial charge on any atom is 0.306 e. The Balaban J connectivity index is 1.76. The Morgan fingerprint density at radius 3 is 2.64 bits per heavy atom. The van der Waals surface area contributed by atoms with Crippen LogP contribution in [-0.2, 0) is 4.79 Å². The number of nitrogens with one attached hydrogen (secondary N) is 2. The zero-order chi connectivity index (χ0) is 26.4. The topological polar surface area (TPSA) is 138 Å². The molecule has 210 valence electrons. The number of hydrogen-bond acceptors (Lipinski definition) is 8. The molecule has 2 aliphatic heterocycles. The van der Waals surface area contributed by atoms with Crippen molar-refractivity contribution in [2.75, 3.05) is 32.9 Å². The summed E-state index contributed by atoms with van der Waals surface area (Å²) in [6, 6.07) is 0.729. The highest BCUT2D eigenvalue weighted by molar-refractivity contribution is 5.68. The summed E-state index contributed by atoms with van der Waals surface area (Å²) in [6.45, 7) is 6.83. The van der Waals surface area contributed by atoms with Gasteiger partial charge in [0.1, 0.15) is 0 Å². The molecule has 36 heavy (non-hydrogen) atoms. The third kappa shape index (κ3) is 11.1. The third-order valence-electron chi connectivity index (χ3n) is 8.02. The standard InChI is InChI=1S/C27H52N4O5/c1-3-28-19-27(36,18-26(34)35)13-7-5-4-6-9-22(10-8-16-32)11-12-23-24(31-15-14-29-20-31)17-25(33)21(2)30-23/h14,21-25,28,30,32-33,36H,3-13,15-20H2,1-2H3,(H,34,35)/t21-,22+,23+,24-,25+,27+/m0/s1. The van der Waals surface area contributed by atoms with Crippen LogP contribution in [0, 0.1) is 5.92 Å². The fraction of sp³-hybridized carbons (Fsp3) is 0.926. The fourth-order valence-corrected chi connectivity index (χ4v) is 5.83. The Kier molecular flexibility index (Phi) is 14.4. The van der Waals surface area contributed by atoms with Gasteiger partial charge in [-0.3, -0.25) is 14.7 Å². The van der Waals surface area contributed by atoms with Crippen molar-refractivity contribution in [3.05, 3.63) is 0 Å². The van der Waals surface area contributed by atoms with Crippen LogP contribution >= 0.6 is 0 Å². The maximum absolute atomic E-state index is 11.1. The normalized spacial score (nSPS) is 27.2. The fourth-order valence-electron chi connectivity index (χ4n) is 5.83. The first kappa shape index (κ1) is 31.1. The minimum absolute atomic E-state index is 0.0953. The summed E-state index contributed by atoms with van der Waals surface area (Å²) < 4.78 is 0. The average molecular weight is 513 g/mol. The minimum atomic E-state index is -1.18. The van der Waals surface area contributed by atoms with E-state index in [1.165, 1.54) is 0 Å². The van der Waals surface area contributed by atoms with E-state index >= 15 is 0 Å². The van der Waals surface area contributed by atoms with Crippen LogP contribution in [0.15, 0.2) is 4.99 Å². The zero-order valence-electron chi connectivity index (χ0n) is 22.6. The molecule has 6 N–H and O–H groups in total. The largest absolute Gasteiger partial charge is 0.481 e. The molecular formula is C27H52N4O5. The molecule has 9 nitrogen and oxygen atoms in total. The number of piperidine rings is 1. The van der Waals surface area contributed by atoms with Crippen LogP contribution in [0.2, 0.25) is 0 Å². The number of nitrogens with zero attached hydrogens (tertiary/aromatic N) is 2. The number of carboxylic acid groups (broad SMARTS) is 1. The first-order valence-electron chi connectivity index (χ1n) is 14.2. The number of aliphatic hydroxyl groups is 3. The Bertz CT molecular complexity index is 644. The SMILES string of the molecule is CCNC[C@@](O)(CCCCCC[C@H](CCCO)CC[C@H]1N[C@@H](C)[C@H](O)C[C@@H]1N1CC=NC1)CC(=O)O. The van der Waals surface area contributed by atoms with Gasteiger partial charge in [-0.25, -0.2) is 0 Å². The van der Waals surface area contributed by atoms with Gasteiger partial charge in [-0.1, -0.05) is 39.0 Å². The summed E-state index contributed by atoms with van der Waals surface area (Å²) in [7, 11) is 0. The molecule has 0 aromatic carbocycles. The second kappa shape index (κ2) is 16.7. The number of hydrogen-bond donors (Lipinski definition) is 6. The van der Waals surface area contributed by atoms with Gasteiger partial charge in [-0.05, 0) is 57.9 Å².